The molecule has 0 amide bonds. The normalized spacial score (nSPS) is 11.7. The quantitative estimate of drug-likeness (QED) is 0.201. The summed E-state index contributed by atoms with van der Waals surface area (Å²) >= 11 is 0. The summed E-state index contributed by atoms with van der Waals surface area (Å²) in [6.45, 7) is 0. The average Bonchev–Trinajstić information content (AvgIpc) is 3.46. The van der Waals surface area contributed by atoms with E-state index in [2.05, 4.69) is 152 Å². The lowest BCUT2D eigenvalue weighted by Gasteiger charge is -2.19. The predicted molar refractivity (Wildman–Crippen MR) is 183 cm³/mol. The number of hydrogen-bond acceptors (Lipinski definition) is 1. The Kier molecular flexibility index (Phi) is 5.27. The second-order valence-electron chi connectivity index (χ2n) is 11.2. The van der Waals surface area contributed by atoms with Gasteiger partial charge in [0.15, 0.2) is 0 Å². The SMILES string of the molecule is c1ccc(-c2ccc3c(-c4c5ccccc5c(-c5cccc6c5oc5ccccc56)c5ccccc45)cccc3c2)cc1. The third kappa shape index (κ3) is 3.65. The molecule has 1 heteroatoms. The predicted octanol–water partition coefficient (Wildman–Crippen LogP) is 12.0. The van der Waals surface area contributed by atoms with Crippen molar-refractivity contribution in [3.63, 3.8) is 0 Å². The van der Waals surface area contributed by atoms with Gasteiger partial charge >= 0.3 is 0 Å². The van der Waals surface area contributed by atoms with E-state index in [9.17, 15) is 0 Å². The van der Waals surface area contributed by atoms with E-state index in [1.54, 1.807) is 0 Å². The minimum atomic E-state index is 0.917. The van der Waals surface area contributed by atoms with Gasteiger partial charge in [-0.15, -0.1) is 0 Å². The first kappa shape index (κ1) is 24.0. The summed E-state index contributed by atoms with van der Waals surface area (Å²) < 4.78 is 6.56. The maximum absolute atomic E-state index is 6.56. The first-order valence-electron chi connectivity index (χ1n) is 14.8. The Labute approximate surface area is 249 Å². The Bertz CT molecular complexity index is 2440. The van der Waals surface area contributed by atoms with Crippen molar-refractivity contribution in [2.45, 2.75) is 0 Å². The van der Waals surface area contributed by atoms with Crippen LogP contribution in [0.4, 0.5) is 0 Å². The minimum Gasteiger partial charge on any atom is -0.455 e. The molecule has 0 saturated heterocycles. The van der Waals surface area contributed by atoms with E-state index in [-0.39, 0.29) is 0 Å². The molecule has 43 heavy (non-hydrogen) atoms. The van der Waals surface area contributed by atoms with Crippen LogP contribution in [0.25, 0.3) is 87.6 Å². The molecule has 9 aromatic rings. The number of para-hydroxylation sites is 2. The van der Waals surface area contributed by atoms with Gasteiger partial charge in [0.1, 0.15) is 11.2 Å². The summed E-state index contributed by atoms with van der Waals surface area (Å²) in [5.74, 6) is 0. The van der Waals surface area contributed by atoms with E-state index in [1.165, 1.54) is 60.1 Å². The fourth-order valence-corrected chi connectivity index (χ4v) is 6.96. The second-order valence-corrected chi connectivity index (χ2v) is 11.2. The third-order valence-corrected chi connectivity index (χ3v) is 8.86. The first-order valence-corrected chi connectivity index (χ1v) is 14.8. The monoisotopic (exact) mass is 546 g/mol. The molecule has 0 aliphatic heterocycles. The van der Waals surface area contributed by atoms with Crippen LogP contribution in [-0.4, -0.2) is 0 Å². The minimum absolute atomic E-state index is 0.917. The van der Waals surface area contributed by atoms with E-state index in [4.69, 9.17) is 4.42 Å². The molecule has 0 atom stereocenters. The molecule has 0 unspecified atom stereocenters. The molecule has 0 aliphatic carbocycles. The van der Waals surface area contributed by atoms with Crippen LogP contribution in [0.15, 0.2) is 162 Å². The molecule has 0 N–H and O–H groups in total. The van der Waals surface area contributed by atoms with Gasteiger partial charge in [-0.1, -0.05) is 146 Å². The smallest absolute Gasteiger partial charge is 0.143 e. The Balaban J connectivity index is 1.37. The van der Waals surface area contributed by atoms with Crippen LogP contribution < -0.4 is 0 Å². The highest BCUT2D eigenvalue weighted by atomic mass is 16.3. The zero-order valence-electron chi connectivity index (χ0n) is 23.4. The Morgan fingerprint density at radius 2 is 0.884 bits per heavy atom. The van der Waals surface area contributed by atoms with Gasteiger partial charge in [-0.3, -0.25) is 0 Å². The molecule has 0 fully saturated rings. The van der Waals surface area contributed by atoms with Crippen molar-refractivity contribution in [2.24, 2.45) is 0 Å². The summed E-state index contributed by atoms with van der Waals surface area (Å²) in [7, 11) is 0. The Morgan fingerprint density at radius 3 is 1.60 bits per heavy atom. The van der Waals surface area contributed by atoms with Crippen LogP contribution in [0, 0.1) is 0 Å². The maximum atomic E-state index is 6.56. The molecule has 9 rings (SSSR count). The van der Waals surface area contributed by atoms with Gasteiger partial charge in [0.2, 0.25) is 0 Å². The first-order chi connectivity index (χ1) is 21.3. The molecule has 1 nitrogen and oxygen atoms in total. The van der Waals surface area contributed by atoms with Gasteiger partial charge < -0.3 is 4.42 Å². The van der Waals surface area contributed by atoms with Gasteiger partial charge in [0, 0.05) is 21.9 Å². The van der Waals surface area contributed by atoms with Crippen molar-refractivity contribution >= 4 is 54.3 Å². The molecule has 200 valence electrons. The van der Waals surface area contributed by atoms with Crippen molar-refractivity contribution in [3.05, 3.63) is 158 Å². The lowest BCUT2D eigenvalue weighted by molar-refractivity contribution is 0.670. The molecule has 0 radical (unpaired) electrons. The average molecular weight is 547 g/mol. The van der Waals surface area contributed by atoms with Crippen LogP contribution in [0.5, 0.6) is 0 Å². The van der Waals surface area contributed by atoms with Crippen molar-refractivity contribution in [1.29, 1.82) is 0 Å². The Hall–Kier alpha value is -5.66. The molecular weight excluding hydrogens is 520 g/mol. The van der Waals surface area contributed by atoms with Crippen molar-refractivity contribution in [1.82, 2.24) is 0 Å². The Morgan fingerprint density at radius 1 is 0.326 bits per heavy atom. The van der Waals surface area contributed by atoms with E-state index >= 15 is 0 Å². The lowest BCUT2D eigenvalue weighted by Crippen LogP contribution is -1.92. The van der Waals surface area contributed by atoms with Crippen molar-refractivity contribution < 1.29 is 4.42 Å². The standard InChI is InChI=1S/C42H26O/c1-2-12-27(13-3-1)28-24-25-30-29(26-28)14-10-20-32(30)40-33-16-4-6-18-35(33)41(36-19-7-5-17-34(36)40)38-22-11-21-37-31-15-8-9-23-39(31)43-42(37)38/h1-26H. The molecule has 1 heterocycles. The fraction of sp³-hybridized carbons (Fsp3) is 0. The second kappa shape index (κ2) is 9.44. The van der Waals surface area contributed by atoms with Crippen LogP contribution in [0.3, 0.4) is 0 Å². The largest absolute Gasteiger partial charge is 0.455 e. The molecule has 0 aliphatic rings. The van der Waals surface area contributed by atoms with Crippen LogP contribution in [0.2, 0.25) is 0 Å². The number of furan rings is 1. The van der Waals surface area contributed by atoms with Gasteiger partial charge in [0.25, 0.3) is 0 Å². The zero-order valence-corrected chi connectivity index (χ0v) is 23.4. The summed E-state index contributed by atoms with van der Waals surface area (Å²) in [5, 5.41) is 9.72. The van der Waals surface area contributed by atoms with Crippen molar-refractivity contribution in [3.8, 4) is 33.4 Å². The van der Waals surface area contributed by atoms with Crippen molar-refractivity contribution in [2.75, 3.05) is 0 Å². The van der Waals surface area contributed by atoms with Gasteiger partial charge in [-0.05, 0) is 66.7 Å². The number of fused-ring (bicyclic) bond motifs is 6. The van der Waals surface area contributed by atoms with Crippen LogP contribution >= 0.6 is 0 Å². The summed E-state index contributed by atoms with van der Waals surface area (Å²) in [4.78, 5) is 0. The number of hydrogen-bond donors (Lipinski definition) is 0. The number of rotatable bonds is 3. The summed E-state index contributed by atoms with van der Waals surface area (Å²) in [6.07, 6.45) is 0. The van der Waals surface area contributed by atoms with E-state index < -0.39 is 0 Å². The molecular formula is C42H26O. The van der Waals surface area contributed by atoms with Crippen LogP contribution in [0.1, 0.15) is 0 Å². The molecule has 0 saturated carbocycles. The van der Waals surface area contributed by atoms with E-state index in [0.29, 0.717) is 0 Å². The highest BCUT2D eigenvalue weighted by Crippen LogP contribution is 2.47. The maximum Gasteiger partial charge on any atom is 0.143 e. The van der Waals surface area contributed by atoms with E-state index in [1.807, 2.05) is 6.07 Å². The lowest BCUT2D eigenvalue weighted by atomic mass is 9.84. The topological polar surface area (TPSA) is 13.1 Å². The third-order valence-electron chi connectivity index (χ3n) is 8.86. The fourth-order valence-electron chi connectivity index (χ4n) is 6.96. The molecule has 8 aromatic carbocycles. The molecule has 0 spiro atoms. The van der Waals surface area contributed by atoms with Crippen LogP contribution in [-0.2, 0) is 0 Å². The highest BCUT2D eigenvalue weighted by molar-refractivity contribution is 6.25. The number of benzene rings is 8. The highest BCUT2D eigenvalue weighted by Gasteiger charge is 2.20. The molecule has 1 aromatic heterocycles. The molecule has 0 bridgehead atoms. The summed E-state index contributed by atoms with van der Waals surface area (Å²) in [6, 6.07) is 56.7. The summed E-state index contributed by atoms with van der Waals surface area (Å²) in [5.41, 5.74) is 9.17. The van der Waals surface area contributed by atoms with Gasteiger partial charge in [-0.2, -0.15) is 0 Å². The van der Waals surface area contributed by atoms with E-state index in [0.717, 1.165) is 27.5 Å². The van der Waals surface area contributed by atoms with Gasteiger partial charge in [-0.25, -0.2) is 0 Å². The van der Waals surface area contributed by atoms with Gasteiger partial charge in [0.05, 0.1) is 0 Å². The zero-order chi connectivity index (χ0) is 28.3.